The highest BCUT2D eigenvalue weighted by Crippen LogP contribution is 2.19. The summed E-state index contributed by atoms with van der Waals surface area (Å²) >= 11 is 0. The molecule has 0 aromatic carbocycles. The van der Waals surface area contributed by atoms with Crippen LogP contribution in [0.25, 0.3) is 0 Å². The first-order chi connectivity index (χ1) is 8.98. The zero-order valence-electron chi connectivity index (χ0n) is 12.7. The molecule has 2 unspecified atom stereocenters. The molecule has 114 valence electrons. The quantitative estimate of drug-likeness (QED) is 0.736. The number of nitrogens with zero attached hydrogens (tertiary/aromatic N) is 1. The fraction of sp³-hybridized carbons (Fsp3) is 1.00. The van der Waals surface area contributed by atoms with E-state index >= 15 is 0 Å². The summed E-state index contributed by atoms with van der Waals surface area (Å²) in [7, 11) is -2.80. The molecule has 1 heterocycles. The lowest BCUT2D eigenvalue weighted by Gasteiger charge is -2.36. The van der Waals surface area contributed by atoms with Gasteiger partial charge in [-0.2, -0.15) is 0 Å². The third kappa shape index (κ3) is 6.23. The number of rotatable bonds is 8. The van der Waals surface area contributed by atoms with Gasteiger partial charge in [0.1, 0.15) is 9.84 Å². The Morgan fingerprint density at radius 1 is 1.37 bits per heavy atom. The second kappa shape index (κ2) is 8.22. The summed E-state index contributed by atoms with van der Waals surface area (Å²) < 4.78 is 22.9. The average Bonchev–Trinajstić information content (AvgIpc) is 2.39. The minimum absolute atomic E-state index is 0.271. The molecule has 0 spiro atoms. The van der Waals surface area contributed by atoms with Gasteiger partial charge in [-0.3, -0.25) is 0 Å². The first-order valence-corrected chi connectivity index (χ1v) is 9.46. The van der Waals surface area contributed by atoms with Crippen molar-refractivity contribution >= 4 is 9.84 Å². The highest BCUT2D eigenvalue weighted by Gasteiger charge is 2.24. The van der Waals surface area contributed by atoms with Crippen LogP contribution in [0.2, 0.25) is 0 Å². The smallest absolute Gasteiger partial charge is 0.150 e. The molecule has 2 atom stereocenters. The van der Waals surface area contributed by atoms with Crippen molar-refractivity contribution in [2.24, 2.45) is 5.92 Å². The van der Waals surface area contributed by atoms with Crippen LogP contribution < -0.4 is 5.32 Å². The monoisotopic (exact) mass is 290 g/mol. The van der Waals surface area contributed by atoms with Crippen molar-refractivity contribution in [2.75, 3.05) is 37.7 Å². The molecular weight excluding hydrogens is 260 g/mol. The third-order valence-corrected chi connectivity index (χ3v) is 5.94. The van der Waals surface area contributed by atoms with Gasteiger partial charge in [-0.25, -0.2) is 8.42 Å². The van der Waals surface area contributed by atoms with Crippen molar-refractivity contribution < 1.29 is 8.42 Å². The molecule has 1 saturated heterocycles. The Morgan fingerprint density at radius 3 is 2.74 bits per heavy atom. The lowest BCUT2D eigenvalue weighted by Crippen LogP contribution is -2.44. The third-order valence-electron chi connectivity index (χ3n) is 4.14. The van der Waals surface area contributed by atoms with Crippen molar-refractivity contribution in [3.8, 4) is 0 Å². The van der Waals surface area contributed by atoms with Crippen LogP contribution in [0.5, 0.6) is 0 Å². The Kier molecular flexibility index (Phi) is 7.32. The maximum atomic E-state index is 11.5. The van der Waals surface area contributed by atoms with E-state index in [1.807, 2.05) is 0 Å². The van der Waals surface area contributed by atoms with Gasteiger partial charge in [0, 0.05) is 18.3 Å². The zero-order chi connectivity index (χ0) is 14.3. The van der Waals surface area contributed by atoms with Gasteiger partial charge in [-0.15, -0.1) is 0 Å². The van der Waals surface area contributed by atoms with Crippen LogP contribution in [0.3, 0.4) is 0 Å². The number of sulfone groups is 1. The fourth-order valence-corrected chi connectivity index (χ4v) is 3.70. The van der Waals surface area contributed by atoms with Crippen LogP contribution >= 0.6 is 0 Å². The molecule has 4 nitrogen and oxygen atoms in total. The summed E-state index contributed by atoms with van der Waals surface area (Å²) in [5.74, 6) is 1.32. The van der Waals surface area contributed by atoms with E-state index in [0.29, 0.717) is 17.7 Å². The van der Waals surface area contributed by atoms with E-state index in [0.717, 1.165) is 32.6 Å². The molecule has 1 rings (SSSR count). The van der Waals surface area contributed by atoms with Crippen LogP contribution in [-0.4, -0.2) is 57.0 Å². The minimum atomic E-state index is -2.80. The Bertz CT molecular complexity index is 343. The number of hydrogen-bond acceptors (Lipinski definition) is 4. The Balaban J connectivity index is 2.31. The number of nitrogens with one attached hydrogen (secondary N) is 1. The van der Waals surface area contributed by atoms with E-state index in [2.05, 4.69) is 24.1 Å². The van der Waals surface area contributed by atoms with Gasteiger partial charge < -0.3 is 10.2 Å². The first-order valence-electron chi connectivity index (χ1n) is 7.64. The summed E-state index contributed by atoms with van der Waals surface area (Å²) in [6.07, 6.45) is 3.30. The largest absolute Gasteiger partial charge is 0.314 e. The van der Waals surface area contributed by atoms with Gasteiger partial charge in [-0.1, -0.05) is 13.8 Å². The predicted octanol–water partition coefficient (Wildman–Crippen LogP) is 1.52. The van der Waals surface area contributed by atoms with Crippen LogP contribution in [0.4, 0.5) is 0 Å². The van der Waals surface area contributed by atoms with Crippen LogP contribution in [0, 0.1) is 5.92 Å². The molecule has 0 aliphatic carbocycles. The second-order valence-electron chi connectivity index (χ2n) is 5.64. The molecular formula is C14H30N2O2S. The van der Waals surface area contributed by atoms with E-state index in [-0.39, 0.29) is 5.75 Å². The Hall–Kier alpha value is -0.130. The second-order valence-corrected chi connectivity index (χ2v) is 8.11. The Morgan fingerprint density at radius 2 is 2.11 bits per heavy atom. The van der Waals surface area contributed by atoms with E-state index in [1.165, 1.54) is 12.8 Å². The topological polar surface area (TPSA) is 49.4 Å². The van der Waals surface area contributed by atoms with E-state index in [1.54, 1.807) is 6.92 Å². The highest BCUT2D eigenvalue weighted by atomic mass is 32.2. The summed E-state index contributed by atoms with van der Waals surface area (Å²) in [4.78, 5) is 2.44. The molecule has 1 N–H and O–H groups in total. The lowest BCUT2D eigenvalue weighted by atomic mass is 9.91. The summed E-state index contributed by atoms with van der Waals surface area (Å²) in [5.41, 5.74) is 0. The number of hydrogen-bond donors (Lipinski definition) is 1. The number of piperidine rings is 1. The van der Waals surface area contributed by atoms with Crippen LogP contribution in [0.1, 0.15) is 40.0 Å². The van der Waals surface area contributed by atoms with Crippen molar-refractivity contribution in [1.82, 2.24) is 10.2 Å². The van der Waals surface area contributed by atoms with Gasteiger partial charge in [0.05, 0.1) is 5.75 Å². The van der Waals surface area contributed by atoms with Gasteiger partial charge in [0.2, 0.25) is 0 Å². The van der Waals surface area contributed by atoms with Gasteiger partial charge in [0.15, 0.2) is 0 Å². The van der Waals surface area contributed by atoms with Gasteiger partial charge >= 0.3 is 0 Å². The lowest BCUT2D eigenvalue weighted by molar-refractivity contribution is 0.152. The number of likely N-dealkylation sites (tertiary alicyclic amines) is 1. The molecule has 5 heteroatoms. The van der Waals surface area contributed by atoms with E-state index in [4.69, 9.17) is 0 Å². The zero-order valence-corrected chi connectivity index (χ0v) is 13.5. The maximum Gasteiger partial charge on any atom is 0.150 e. The van der Waals surface area contributed by atoms with Gasteiger partial charge in [0.25, 0.3) is 0 Å². The molecule has 0 aromatic rings. The normalized spacial score (nSPS) is 23.4. The van der Waals surface area contributed by atoms with Crippen LogP contribution in [0.15, 0.2) is 0 Å². The fourth-order valence-electron chi connectivity index (χ4n) is 2.84. The molecule has 0 bridgehead atoms. The van der Waals surface area contributed by atoms with Crippen molar-refractivity contribution in [1.29, 1.82) is 0 Å². The molecule has 0 saturated carbocycles. The summed E-state index contributed by atoms with van der Waals surface area (Å²) in [6, 6.07) is 0.562. The predicted molar refractivity (Wildman–Crippen MR) is 81.2 cm³/mol. The van der Waals surface area contributed by atoms with Crippen LogP contribution in [-0.2, 0) is 9.84 Å². The van der Waals surface area contributed by atoms with Crippen molar-refractivity contribution in [3.05, 3.63) is 0 Å². The molecule has 0 amide bonds. The molecule has 0 aromatic heterocycles. The molecule has 0 radical (unpaired) electrons. The first kappa shape index (κ1) is 16.9. The highest BCUT2D eigenvalue weighted by molar-refractivity contribution is 7.91. The Labute approximate surface area is 118 Å². The van der Waals surface area contributed by atoms with E-state index < -0.39 is 9.84 Å². The van der Waals surface area contributed by atoms with Gasteiger partial charge in [-0.05, 0) is 51.7 Å². The van der Waals surface area contributed by atoms with Crippen molar-refractivity contribution in [3.63, 3.8) is 0 Å². The molecule has 19 heavy (non-hydrogen) atoms. The summed E-state index contributed by atoms with van der Waals surface area (Å²) in [6.45, 7) is 10.3. The maximum absolute atomic E-state index is 11.5. The average molecular weight is 290 g/mol. The SMILES string of the molecule is CCNC(C)C1CCCN(CCCS(=O)(=O)CC)C1. The van der Waals surface area contributed by atoms with E-state index in [9.17, 15) is 8.42 Å². The summed E-state index contributed by atoms with van der Waals surface area (Å²) in [5, 5.41) is 3.50. The van der Waals surface area contributed by atoms with Crippen molar-refractivity contribution in [2.45, 2.75) is 46.1 Å². The minimum Gasteiger partial charge on any atom is -0.314 e. The molecule has 1 fully saturated rings. The standard InChI is InChI=1S/C14H30N2O2S/c1-4-15-13(3)14-8-6-9-16(12-14)10-7-11-19(17,18)5-2/h13-15H,4-12H2,1-3H3. The molecule has 1 aliphatic rings. The molecule has 1 aliphatic heterocycles.